The molecule has 2 aromatic heterocycles. The standard InChI is InChI=1S/C21H21Cl2N3O3/c1-2-3-13(15-5-4-14(22)10-18(15)23)11-26-19(27)12-29-21(28)17-7-9-25-20-16(17)6-8-24-20/h4-10,13H,2-3,11-12H2,1H3,(H,24,25)(H,26,27). The summed E-state index contributed by atoms with van der Waals surface area (Å²) in [6.07, 6.45) is 4.99. The summed E-state index contributed by atoms with van der Waals surface area (Å²) in [6.45, 7) is 2.10. The maximum absolute atomic E-state index is 12.3. The van der Waals surface area contributed by atoms with Gasteiger partial charge >= 0.3 is 5.97 Å². The van der Waals surface area contributed by atoms with Crippen molar-refractivity contribution in [1.29, 1.82) is 0 Å². The van der Waals surface area contributed by atoms with Gasteiger partial charge in [-0.3, -0.25) is 4.79 Å². The Labute approximate surface area is 178 Å². The first kappa shape index (κ1) is 21.1. The molecule has 0 saturated heterocycles. The molecule has 0 aliphatic heterocycles. The van der Waals surface area contributed by atoms with Gasteiger partial charge < -0.3 is 15.0 Å². The van der Waals surface area contributed by atoms with E-state index in [4.69, 9.17) is 27.9 Å². The minimum absolute atomic E-state index is 0.0455. The maximum atomic E-state index is 12.3. The number of hydrogen-bond acceptors (Lipinski definition) is 4. The van der Waals surface area contributed by atoms with Gasteiger partial charge in [0.2, 0.25) is 0 Å². The Morgan fingerprint density at radius 1 is 1.24 bits per heavy atom. The summed E-state index contributed by atoms with van der Waals surface area (Å²) < 4.78 is 5.17. The van der Waals surface area contributed by atoms with Crippen molar-refractivity contribution < 1.29 is 14.3 Å². The topological polar surface area (TPSA) is 84.1 Å². The van der Waals surface area contributed by atoms with Crippen molar-refractivity contribution in [2.24, 2.45) is 0 Å². The SMILES string of the molecule is CCCC(CNC(=O)COC(=O)c1ccnc2[nH]ccc12)c1ccc(Cl)cc1Cl. The molecule has 0 aliphatic carbocycles. The zero-order chi connectivity index (χ0) is 20.8. The Hall–Kier alpha value is -2.57. The van der Waals surface area contributed by atoms with Crippen molar-refractivity contribution >= 4 is 46.1 Å². The third-order valence-corrected chi connectivity index (χ3v) is 5.16. The van der Waals surface area contributed by atoms with E-state index in [1.807, 2.05) is 6.07 Å². The lowest BCUT2D eigenvalue weighted by molar-refractivity contribution is -0.124. The second-order valence-corrected chi connectivity index (χ2v) is 7.47. The molecule has 2 heterocycles. The van der Waals surface area contributed by atoms with Crippen LogP contribution in [0.15, 0.2) is 42.7 Å². The zero-order valence-electron chi connectivity index (χ0n) is 15.9. The lowest BCUT2D eigenvalue weighted by Crippen LogP contribution is -2.32. The van der Waals surface area contributed by atoms with E-state index in [0.717, 1.165) is 18.4 Å². The molecular formula is C21H21Cl2N3O3. The number of ether oxygens (including phenoxy) is 1. The van der Waals surface area contributed by atoms with Crippen LogP contribution in [-0.2, 0) is 9.53 Å². The van der Waals surface area contributed by atoms with Gasteiger partial charge in [-0.25, -0.2) is 9.78 Å². The fourth-order valence-corrected chi connectivity index (χ4v) is 3.75. The van der Waals surface area contributed by atoms with E-state index in [-0.39, 0.29) is 18.4 Å². The van der Waals surface area contributed by atoms with E-state index < -0.39 is 5.97 Å². The molecule has 0 bridgehead atoms. The van der Waals surface area contributed by atoms with E-state index in [1.54, 1.807) is 30.5 Å². The van der Waals surface area contributed by atoms with E-state index in [1.165, 1.54) is 6.20 Å². The van der Waals surface area contributed by atoms with Crippen LogP contribution in [0.2, 0.25) is 10.0 Å². The van der Waals surface area contributed by atoms with Gasteiger partial charge in [0.1, 0.15) is 5.65 Å². The van der Waals surface area contributed by atoms with Crippen LogP contribution in [0.1, 0.15) is 41.6 Å². The van der Waals surface area contributed by atoms with Crippen LogP contribution < -0.4 is 5.32 Å². The lowest BCUT2D eigenvalue weighted by Gasteiger charge is -2.19. The van der Waals surface area contributed by atoms with Crippen molar-refractivity contribution in [3.8, 4) is 0 Å². The van der Waals surface area contributed by atoms with E-state index >= 15 is 0 Å². The van der Waals surface area contributed by atoms with Crippen LogP contribution in [0.25, 0.3) is 11.0 Å². The van der Waals surface area contributed by atoms with Gasteiger partial charge in [-0.2, -0.15) is 0 Å². The largest absolute Gasteiger partial charge is 0.452 e. The molecule has 1 atom stereocenters. The second-order valence-electron chi connectivity index (χ2n) is 6.63. The molecule has 152 valence electrons. The number of nitrogens with zero attached hydrogens (tertiary/aromatic N) is 1. The molecule has 1 amide bonds. The minimum atomic E-state index is -0.571. The highest BCUT2D eigenvalue weighted by atomic mass is 35.5. The Bertz CT molecular complexity index is 1020. The summed E-state index contributed by atoms with van der Waals surface area (Å²) in [5.74, 6) is -0.897. The molecule has 8 heteroatoms. The average Bonchev–Trinajstić information content (AvgIpc) is 3.18. The molecule has 0 radical (unpaired) electrons. The number of amides is 1. The van der Waals surface area contributed by atoms with Crippen molar-refractivity contribution in [2.45, 2.75) is 25.7 Å². The minimum Gasteiger partial charge on any atom is -0.452 e. The molecule has 6 nitrogen and oxygen atoms in total. The first-order valence-corrected chi connectivity index (χ1v) is 10.1. The molecule has 3 aromatic rings. The number of rotatable bonds is 8. The second kappa shape index (κ2) is 9.76. The Kier molecular flexibility index (Phi) is 7.12. The number of fused-ring (bicyclic) bond motifs is 1. The average molecular weight is 434 g/mol. The fourth-order valence-electron chi connectivity index (χ4n) is 3.18. The van der Waals surface area contributed by atoms with Crippen LogP contribution in [0.5, 0.6) is 0 Å². The number of halogens is 2. The summed E-state index contributed by atoms with van der Waals surface area (Å²) in [5, 5.41) is 4.61. The zero-order valence-corrected chi connectivity index (χ0v) is 17.4. The summed E-state index contributed by atoms with van der Waals surface area (Å²) in [5.41, 5.74) is 1.88. The smallest absolute Gasteiger partial charge is 0.339 e. The fraction of sp³-hybridized carbons (Fsp3) is 0.286. The third kappa shape index (κ3) is 5.28. The molecule has 3 rings (SSSR count). The van der Waals surface area contributed by atoms with Crippen LogP contribution >= 0.6 is 23.2 Å². The maximum Gasteiger partial charge on any atom is 0.339 e. The molecule has 1 unspecified atom stereocenters. The number of carbonyl (C=O) groups is 2. The quantitative estimate of drug-likeness (QED) is 0.503. The first-order chi connectivity index (χ1) is 14.0. The number of esters is 1. The number of nitrogens with one attached hydrogen (secondary N) is 2. The molecule has 0 fully saturated rings. The van der Waals surface area contributed by atoms with Gasteiger partial charge in [0.15, 0.2) is 6.61 Å². The summed E-state index contributed by atoms with van der Waals surface area (Å²) in [6, 6.07) is 8.66. The molecule has 0 aliphatic rings. The van der Waals surface area contributed by atoms with Gasteiger partial charge in [-0.1, -0.05) is 42.6 Å². The van der Waals surface area contributed by atoms with Crippen LogP contribution in [-0.4, -0.2) is 35.0 Å². The highest BCUT2D eigenvalue weighted by Crippen LogP contribution is 2.30. The summed E-state index contributed by atoms with van der Waals surface area (Å²) >= 11 is 12.3. The summed E-state index contributed by atoms with van der Waals surface area (Å²) in [4.78, 5) is 31.6. The van der Waals surface area contributed by atoms with Crippen LogP contribution in [0.3, 0.4) is 0 Å². The summed E-state index contributed by atoms with van der Waals surface area (Å²) in [7, 11) is 0. The van der Waals surface area contributed by atoms with E-state index in [9.17, 15) is 9.59 Å². The van der Waals surface area contributed by atoms with Gasteiger partial charge in [-0.05, 0) is 36.2 Å². The molecule has 0 spiro atoms. The molecule has 29 heavy (non-hydrogen) atoms. The highest BCUT2D eigenvalue weighted by Gasteiger charge is 2.17. The van der Waals surface area contributed by atoms with E-state index in [2.05, 4.69) is 22.2 Å². The Morgan fingerprint density at radius 2 is 2.07 bits per heavy atom. The van der Waals surface area contributed by atoms with E-state index in [0.29, 0.717) is 33.2 Å². The number of aromatic nitrogens is 2. The number of aromatic amines is 1. The van der Waals surface area contributed by atoms with Crippen molar-refractivity contribution in [2.75, 3.05) is 13.2 Å². The number of pyridine rings is 1. The van der Waals surface area contributed by atoms with Crippen LogP contribution in [0.4, 0.5) is 0 Å². The Balaban J connectivity index is 1.56. The molecule has 0 saturated carbocycles. The first-order valence-electron chi connectivity index (χ1n) is 9.30. The van der Waals surface area contributed by atoms with Crippen molar-refractivity contribution in [3.05, 3.63) is 63.9 Å². The lowest BCUT2D eigenvalue weighted by atomic mass is 9.94. The number of hydrogen-bond donors (Lipinski definition) is 2. The third-order valence-electron chi connectivity index (χ3n) is 4.60. The van der Waals surface area contributed by atoms with Gasteiger partial charge in [0, 0.05) is 40.3 Å². The number of H-pyrrole nitrogens is 1. The predicted molar refractivity (Wildman–Crippen MR) is 113 cm³/mol. The molecular weight excluding hydrogens is 413 g/mol. The van der Waals surface area contributed by atoms with Crippen LogP contribution in [0, 0.1) is 0 Å². The van der Waals surface area contributed by atoms with Crippen molar-refractivity contribution in [3.63, 3.8) is 0 Å². The number of benzene rings is 1. The monoisotopic (exact) mass is 433 g/mol. The number of carbonyl (C=O) groups excluding carboxylic acids is 2. The molecule has 2 N–H and O–H groups in total. The Morgan fingerprint density at radius 3 is 2.83 bits per heavy atom. The van der Waals surface area contributed by atoms with Crippen molar-refractivity contribution in [1.82, 2.24) is 15.3 Å². The highest BCUT2D eigenvalue weighted by molar-refractivity contribution is 6.35. The predicted octanol–water partition coefficient (Wildman–Crippen LogP) is 4.73. The normalized spacial score (nSPS) is 12.0. The molecule has 1 aromatic carbocycles. The van der Waals surface area contributed by atoms with Gasteiger partial charge in [0.05, 0.1) is 5.56 Å². The van der Waals surface area contributed by atoms with Gasteiger partial charge in [0.25, 0.3) is 5.91 Å². The van der Waals surface area contributed by atoms with Gasteiger partial charge in [-0.15, -0.1) is 0 Å².